The van der Waals surface area contributed by atoms with E-state index in [-0.39, 0.29) is 0 Å². The molecule has 0 saturated heterocycles. The number of hydrogen-bond donors (Lipinski definition) is 2. The second-order valence-corrected chi connectivity index (χ2v) is 3.12. The smallest absolute Gasteiger partial charge is 0.119 e. The van der Waals surface area contributed by atoms with E-state index in [0.717, 1.165) is 16.3 Å². The van der Waals surface area contributed by atoms with E-state index in [4.69, 9.17) is 22.2 Å². The third-order valence-corrected chi connectivity index (χ3v) is 2.07. The molecule has 0 heterocycles. The quantitative estimate of drug-likeness (QED) is 0.440. The summed E-state index contributed by atoms with van der Waals surface area (Å²) >= 11 is 5.85. The molecular formula is C9H13ClN2O. The lowest BCUT2D eigenvalue weighted by atomic mass is 10.2. The Bertz CT molecular complexity index is 278. The Balaban J connectivity index is 2.53. The molecule has 13 heavy (non-hydrogen) atoms. The Kier molecular flexibility index (Phi) is 4.02. The van der Waals surface area contributed by atoms with E-state index in [0.29, 0.717) is 13.2 Å². The molecular weight excluding hydrogens is 188 g/mol. The zero-order valence-electron chi connectivity index (χ0n) is 7.51. The molecule has 0 amide bonds. The minimum absolute atomic E-state index is 0.553. The number of benzene rings is 1. The zero-order valence-corrected chi connectivity index (χ0v) is 8.27. The predicted octanol–water partition coefficient (Wildman–Crippen LogP) is 1.49. The van der Waals surface area contributed by atoms with Crippen LogP contribution < -0.4 is 16.0 Å². The van der Waals surface area contributed by atoms with Gasteiger partial charge in [-0.3, -0.25) is 11.3 Å². The first kappa shape index (κ1) is 10.3. The fourth-order valence-electron chi connectivity index (χ4n) is 0.935. The van der Waals surface area contributed by atoms with Gasteiger partial charge in [0.2, 0.25) is 0 Å². The Hall–Kier alpha value is -0.770. The molecule has 1 aromatic carbocycles. The molecule has 0 aromatic heterocycles. The number of aryl methyl sites for hydroxylation is 1. The van der Waals surface area contributed by atoms with Gasteiger partial charge in [-0.25, -0.2) is 0 Å². The van der Waals surface area contributed by atoms with Gasteiger partial charge in [0.05, 0.1) is 0 Å². The number of hydrogen-bond acceptors (Lipinski definition) is 3. The number of rotatable bonds is 4. The van der Waals surface area contributed by atoms with Crippen LogP contribution in [0.4, 0.5) is 0 Å². The van der Waals surface area contributed by atoms with Gasteiger partial charge in [-0.15, -0.1) is 0 Å². The SMILES string of the molecule is Cc1cc(OCCNN)ccc1Cl. The van der Waals surface area contributed by atoms with Crippen LogP contribution in [0.15, 0.2) is 18.2 Å². The lowest BCUT2D eigenvalue weighted by Crippen LogP contribution is -2.27. The van der Waals surface area contributed by atoms with E-state index in [1.807, 2.05) is 25.1 Å². The average molecular weight is 201 g/mol. The highest BCUT2D eigenvalue weighted by molar-refractivity contribution is 6.31. The molecule has 0 spiro atoms. The fraction of sp³-hybridized carbons (Fsp3) is 0.333. The minimum atomic E-state index is 0.553. The van der Waals surface area contributed by atoms with Crippen molar-refractivity contribution in [3.05, 3.63) is 28.8 Å². The molecule has 0 saturated carbocycles. The lowest BCUT2D eigenvalue weighted by molar-refractivity contribution is 0.315. The predicted molar refractivity (Wildman–Crippen MR) is 53.9 cm³/mol. The Morgan fingerprint density at radius 2 is 2.31 bits per heavy atom. The van der Waals surface area contributed by atoms with Crippen LogP contribution in [-0.2, 0) is 0 Å². The molecule has 3 N–H and O–H groups in total. The Labute approximate surface area is 82.8 Å². The number of nitrogens with one attached hydrogen (secondary N) is 1. The van der Waals surface area contributed by atoms with Gasteiger partial charge in [-0.05, 0) is 30.7 Å². The first-order chi connectivity index (χ1) is 6.24. The highest BCUT2D eigenvalue weighted by Crippen LogP contribution is 2.20. The largest absolute Gasteiger partial charge is 0.492 e. The molecule has 0 unspecified atom stereocenters. The first-order valence-electron chi connectivity index (χ1n) is 4.06. The molecule has 1 aromatic rings. The van der Waals surface area contributed by atoms with Crippen molar-refractivity contribution in [3.63, 3.8) is 0 Å². The molecule has 0 fully saturated rings. The van der Waals surface area contributed by atoms with Crippen LogP contribution in [0.2, 0.25) is 5.02 Å². The summed E-state index contributed by atoms with van der Waals surface area (Å²) in [7, 11) is 0. The molecule has 0 radical (unpaired) electrons. The summed E-state index contributed by atoms with van der Waals surface area (Å²) in [5.74, 6) is 5.91. The van der Waals surface area contributed by atoms with Crippen molar-refractivity contribution in [2.45, 2.75) is 6.92 Å². The zero-order chi connectivity index (χ0) is 9.68. The Morgan fingerprint density at radius 1 is 1.54 bits per heavy atom. The van der Waals surface area contributed by atoms with E-state index in [1.54, 1.807) is 0 Å². The third-order valence-electron chi connectivity index (χ3n) is 1.64. The van der Waals surface area contributed by atoms with Crippen LogP contribution in [0, 0.1) is 6.92 Å². The molecule has 0 aliphatic heterocycles. The number of halogens is 1. The molecule has 0 aliphatic rings. The molecule has 0 atom stereocenters. The van der Waals surface area contributed by atoms with Gasteiger partial charge in [-0.1, -0.05) is 11.6 Å². The highest BCUT2D eigenvalue weighted by atomic mass is 35.5. The molecule has 4 heteroatoms. The van der Waals surface area contributed by atoms with Crippen molar-refractivity contribution in [1.82, 2.24) is 5.43 Å². The molecule has 72 valence electrons. The van der Waals surface area contributed by atoms with E-state index >= 15 is 0 Å². The molecule has 0 bridgehead atoms. The molecule has 3 nitrogen and oxygen atoms in total. The summed E-state index contributed by atoms with van der Waals surface area (Å²) in [6, 6.07) is 5.56. The number of hydrazine groups is 1. The average Bonchev–Trinajstić information content (AvgIpc) is 2.12. The van der Waals surface area contributed by atoms with Crippen molar-refractivity contribution in [1.29, 1.82) is 0 Å². The van der Waals surface area contributed by atoms with E-state index in [9.17, 15) is 0 Å². The highest BCUT2D eigenvalue weighted by Gasteiger charge is 1.97. The van der Waals surface area contributed by atoms with Crippen molar-refractivity contribution in [2.24, 2.45) is 5.84 Å². The van der Waals surface area contributed by atoms with Gasteiger partial charge >= 0.3 is 0 Å². The summed E-state index contributed by atoms with van der Waals surface area (Å²) in [6.45, 7) is 3.12. The van der Waals surface area contributed by atoms with Crippen molar-refractivity contribution in [2.75, 3.05) is 13.2 Å². The maximum absolute atomic E-state index is 5.85. The standard InChI is InChI=1S/C9H13ClN2O/c1-7-6-8(2-3-9(7)10)13-5-4-12-11/h2-3,6,12H,4-5,11H2,1H3. The van der Waals surface area contributed by atoms with Crippen LogP contribution in [0.1, 0.15) is 5.56 Å². The van der Waals surface area contributed by atoms with Crippen LogP contribution in [-0.4, -0.2) is 13.2 Å². The summed E-state index contributed by atoms with van der Waals surface area (Å²) in [5, 5.41) is 0.754. The van der Waals surface area contributed by atoms with Crippen LogP contribution in [0.5, 0.6) is 5.75 Å². The lowest BCUT2D eigenvalue weighted by Gasteiger charge is -2.06. The van der Waals surface area contributed by atoms with Crippen molar-refractivity contribution < 1.29 is 4.74 Å². The summed E-state index contributed by atoms with van der Waals surface area (Å²) in [6.07, 6.45) is 0. The second-order valence-electron chi connectivity index (χ2n) is 2.71. The summed E-state index contributed by atoms with van der Waals surface area (Å²) in [4.78, 5) is 0. The van der Waals surface area contributed by atoms with E-state index in [2.05, 4.69) is 5.43 Å². The monoisotopic (exact) mass is 200 g/mol. The van der Waals surface area contributed by atoms with Gasteiger partial charge in [0.25, 0.3) is 0 Å². The number of nitrogens with two attached hydrogens (primary N) is 1. The topological polar surface area (TPSA) is 47.3 Å². The maximum atomic E-state index is 5.85. The summed E-state index contributed by atoms with van der Waals surface area (Å²) < 4.78 is 5.38. The first-order valence-corrected chi connectivity index (χ1v) is 4.44. The van der Waals surface area contributed by atoms with Gasteiger partial charge in [0.1, 0.15) is 12.4 Å². The normalized spacial score (nSPS) is 10.1. The number of ether oxygens (including phenoxy) is 1. The van der Waals surface area contributed by atoms with Gasteiger partial charge in [0, 0.05) is 11.6 Å². The van der Waals surface area contributed by atoms with E-state index < -0.39 is 0 Å². The van der Waals surface area contributed by atoms with Crippen molar-refractivity contribution >= 4 is 11.6 Å². The summed E-state index contributed by atoms with van der Waals surface area (Å²) in [5.41, 5.74) is 3.53. The van der Waals surface area contributed by atoms with Gasteiger partial charge in [0.15, 0.2) is 0 Å². The second kappa shape index (κ2) is 5.07. The fourth-order valence-corrected chi connectivity index (χ4v) is 1.05. The molecule has 1 rings (SSSR count). The minimum Gasteiger partial charge on any atom is -0.492 e. The Morgan fingerprint density at radius 3 is 2.92 bits per heavy atom. The van der Waals surface area contributed by atoms with Crippen LogP contribution >= 0.6 is 11.6 Å². The maximum Gasteiger partial charge on any atom is 0.119 e. The van der Waals surface area contributed by atoms with Gasteiger partial charge in [-0.2, -0.15) is 0 Å². The van der Waals surface area contributed by atoms with Crippen LogP contribution in [0.3, 0.4) is 0 Å². The van der Waals surface area contributed by atoms with Gasteiger partial charge < -0.3 is 4.74 Å². The third kappa shape index (κ3) is 3.22. The van der Waals surface area contributed by atoms with E-state index in [1.165, 1.54) is 0 Å². The molecule has 0 aliphatic carbocycles. The van der Waals surface area contributed by atoms with Crippen molar-refractivity contribution in [3.8, 4) is 5.75 Å². The van der Waals surface area contributed by atoms with Crippen LogP contribution in [0.25, 0.3) is 0 Å².